The molecule has 0 radical (unpaired) electrons. The summed E-state index contributed by atoms with van der Waals surface area (Å²) in [7, 11) is 1.85. The molecule has 1 N–H and O–H groups in total. The van der Waals surface area contributed by atoms with Crippen molar-refractivity contribution >= 4 is 34.3 Å². The molecule has 3 aromatic rings. The Morgan fingerprint density at radius 3 is 2.80 bits per heavy atom. The number of hydrogen-bond acceptors (Lipinski definition) is 7. The van der Waals surface area contributed by atoms with E-state index in [4.69, 9.17) is 0 Å². The maximum atomic E-state index is 12.6. The Balaban J connectivity index is 1.44. The van der Waals surface area contributed by atoms with E-state index in [1.165, 1.54) is 4.88 Å². The van der Waals surface area contributed by atoms with Gasteiger partial charge in [0.1, 0.15) is 11.6 Å². The van der Waals surface area contributed by atoms with Crippen LogP contribution in [-0.2, 0) is 11.8 Å². The molecule has 0 aromatic carbocycles. The lowest BCUT2D eigenvalue weighted by Gasteiger charge is -2.15. The van der Waals surface area contributed by atoms with Crippen LogP contribution in [0.4, 0.5) is 10.9 Å². The molecule has 4 heterocycles. The van der Waals surface area contributed by atoms with E-state index >= 15 is 0 Å². The lowest BCUT2D eigenvalue weighted by Crippen LogP contribution is -2.26. The van der Waals surface area contributed by atoms with Gasteiger partial charge in [0.25, 0.3) is 0 Å². The van der Waals surface area contributed by atoms with Gasteiger partial charge in [0.15, 0.2) is 5.13 Å². The van der Waals surface area contributed by atoms with Gasteiger partial charge in [-0.05, 0) is 39.3 Å². The van der Waals surface area contributed by atoms with Crippen molar-refractivity contribution in [2.24, 2.45) is 7.05 Å². The quantitative estimate of drug-likeness (QED) is 0.633. The molecule has 4 rings (SSSR count). The predicted molar refractivity (Wildman–Crippen MR) is 118 cm³/mol. The summed E-state index contributed by atoms with van der Waals surface area (Å²) in [5.74, 6) is 1.66. The van der Waals surface area contributed by atoms with Crippen LogP contribution in [0.3, 0.4) is 0 Å². The summed E-state index contributed by atoms with van der Waals surface area (Å²) < 4.78 is 1.74. The summed E-state index contributed by atoms with van der Waals surface area (Å²) in [5, 5.41) is 8.25. The number of nitrogens with one attached hydrogen (secondary N) is 1. The van der Waals surface area contributed by atoms with Crippen LogP contribution in [0.15, 0.2) is 24.4 Å². The highest BCUT2D eigenvalue weighted by atomic mass is 32.1. The number of amides is 1. The lowest BCUT2D eigenvalue weighted by atomic mass is 10.0. The highest BCUT2D eigenvalue weighted by Gasteiger charge is 2.28. The van der Waals surface area contributed by atoms with Gasteiger partial charge in [-0.15, -0.1) is 11.3 Å². The van der Waals surface area contributed by atoms with Gasteiger partial charge in [-0.2, -0.15) is 5.10 Å². The highest BCUT2D eigenvalue weighted by Crippen LogP contribution is 2.29. The zero-order valence-electron chi connectivity index (χ0n) is 17.6. The lowest BCUT2D eigenvalue weighted by molar-refractivity contribution is -0.124. The minimum absolute atomic E-state index is 0.0107. The van der Waals surface area contributed by atoms with E-state index in [2.05, 4.69) is 32.3 Å². The second-order valence-corrected chi connectivity index (χ2v) is 8.70. The first kappa shape index (κ1) is 20.2. The Labute approximate surface area is 179 Å². The molecule has 1 aliphatic heterocycles. The van der Waals surface area contributed by atoms with Crippen molar-refractivity contribution in [2.45, 2.75) is 33.1 Å². The standard InChI is InChI=1S/C21H25N7OS/c1-13-14(2)30-21(23-13)26-19-11-18(24-15(3)25-19)16-8-10-28(12-16)20(29)6-5-17-7-9-22-27(17)4/h5-7,9,11,16H,8,10,12H2,1-4H3,(H,23,24,25,26)/b6-5+/t16-/m0/s1. The molecule has 1 atom stereocenters. The maximum absolute atomic E-state index is 12.6. The fourth-order valence-corrected chi connectivity index (χ4v) is 4.33. The number of carbonyl (C=O) groups is 1. The number of anilines is 2. The van der Waals surface area contributed by atoms with Gasteiger partial charge in [-0.25, -0.2) is 15.0 Å². The summed E-state index contributed by atoms with van der Waals surface area (Å²) in [6, 6.07) is 3.85. The van der Waals surface area contributed by atoms with Crippen LogP contribution in [0.1, 0.15) is 40.1 Å². The third-order valence-electron chi connectivity index (χ3n) is 5.29. The summed E-state index contributed by atoms with van der Waals surface area (Å²) in [6.07, 6.45) is 6.02. The molecule has 9 heteroatoms. The van der Waals surface area contributed by atoms with Gasteiger partial charge < -0.3 is 10.2 Å². The number of hydrogen-bond donors (Lipinski definition) is 1. The van der Waals surface area contributed by atoms with Gasteiger partial charge in [0.05, 0.1) is 17.1 Å². The van der Waals surface area contributed by atoms with Crippen LogP contribution >= 0.6 is 11.3 Å². The van der Waals surface area contributed by atoms with E-state index in [1.54, 1.807) is 34.4 Å². The second-order valence-electron chi connectivity index (χ2n) is 7.49. The molecular formula is C21H25N7OS. The highest BCUT2D eigenvalue weighted by molar-refractivity contribution is 7.15. The summed E-state index contributed by atoms with van der Waals surface area (Å²) >= 11 is 1.61. The van der Waals surface area contributed by atoms with Gasteiger partial charge in [0, 0.05) is 49.3 Å². The van der Waals surface area contributed by atoms with Crippen molar-refractivity contribution in [3.05, 3.63) is 52.2 Å². The maximum Gasteiger partial charge on any atom is 0.246 e. The Bertz CT molecular complexity index is 1080. The van der Waals surface area contributed by atoms with E-state index in [0.29, 0.717) is 12.4 Å². The Morgan fingerprint density at radius 2 is 2.10 bits per heavy atom. The first-order chi connectivity index (χ1) is 14.4. The SMILES string of the molecule is Cc1nc(Nc2nc(C)c(C)s2)cc([C@H]2CCN(C(=O)/C=C/c3ccnn3C)C2)n1. The molecule has 1 amide bonds. The molecule has 0 saturated carbocycles. The molecule has 0 spiro atoms. The first-order valence-electron chi connectivity index (χ1n) is 9.90. The topological polar surface area (TPSA) is 88.8 Å². The van der Waals surface area contributed by atoms with E-state index in [1.807, 2.05) is 37.9 Å². The first-order valence-corrected chi connectivity index (χ1v) is 10.7. The van der Waals surface area contributed by atoms with E-state index in [9.17, 15) is 4.79 Å². The fraction of sp³-hybridized carbons (Fsp3) is 0.381. The number of aromatic nitrogens is 5. The average Bonchev–Trinajstić information content (AvgIpc) is 3.41. The Morgan fingerprint density at radius 1 is 1.27 bits per heavy atom. The monoisotopic (exact) mass is 423 g/mol. The van der Waals surface area contributed by atoms with Crippen molar-refractivity contribution < 1.29 is 4.79 Å². The smallest absolute Gasteiger partial charge is 0.246 e. The molecule has 156 valence electrons. The second kappa shape index (κ2) is 8.35. The van der Waals surface area contributed by atoms with Crippen LogP contribution in [-0.4, -0.2) is 48.6 Å². The van der Waals surface area contributed by atoms with Crippen LogP contribution < -0.4 is 5.32 Å². The van der Waals surface area contributed by atoms with Crippen LogP contribution in [0.25, 0.3) is 6.08 Å². The van der Waals surface area contributed by atoms with Crippen LogP contribution in [0, 0.1) is 20.8 Å². The minimum atomic E-state index is 0.0107. The normalized spacial score (nSPS) is 16.5. The molecule has 1 saturated heterocycles. The molecule has 30 heavy (non-hydrogen) atoms. The molecule has 8 nitrogen and oxygen atoms in total. The van der Waals surface area contributed by atoms with Crippen molar-refractivity contribution in [3.8, 4) is 0 Å². The summed E-state index contributed by atoms with van der Waals surface area (Å²) in [5.41, 5.74) is 2.88. The van der Waals surface area contributed by atoms with Gasteiger partial charge >= 0.3 is 0 Å². The summed E-state index contributed by atoms with van der Waals surface area (Å²) in [6.45, 7) is 7.32. The largest absolute Gasteiger partial charge is 0.338 e. The molecule has 1 fully saturated rings. The van der Waals surface area contributed by atoms with Gasteiger partial charge in [-0.3, -0.25) is 9.48 Å². The number of rotatable bonds is 5. The molecule has 0 bridgehead atoms. The number of aryl methyl sites for hydroxylation is 4. The fourth-order valence-electron chi connectivity index (χ4n) is 3.51. The van der Waals surface area contributed by atoms with Crippen molar-refractivity contribution in [2.75, 3.05) is 18.4 Å². The third kappa shape index (κ3) is 4.40. The van der Waals surface area contributed by atoms with E-state index in [0.717, 1.165) is 41.0 Å². The molecule has 1 aliphatic rings. The average molecular weight is 424 g/mol. The molecule has 0 unspecified atom stereocenters. The molecule has 0 aliphatic carbocycles. The molecular weight excluding hydrogens is 398 g/mol. The predicted octanol–water partition coefficient (Wildman–Crippen LogP) is 3.36. The van der Waals surface area contributed by atoms with Gasteiger partial charge in [0.2, 0.25) is 5.91 Å². The zero-order valence-corrected chi connectivity index (χ0v) is 18.4. The number of thiazole rings is 1. The Kier molecular flexibility index (Phi) is 5.63. The van der Waals surface area contributed by atoms with Crippen molar-refractivity contribution in [1.29, 1.82) is 0 Å². The van der Waals surface area contributed by atoms with Crippen molar-refractivity contribution in [1.82, 2.24) is 29.6 Å². The number of carbonyl (C=O) groups excluding carboxylic acids is 1. The van der Waals surface area contributed by atoms with Crippen LogP contribution in [0.5, 0.6) is 0 Å². The Hall–Kier alpha value is -3.07. The van der Waals surface area contributed by atoms with E-state index in [-0.39, 0.29) is 11.8 Å². The van der Waals surface area contributed by atoms with Crippen molar-refractivity contribution in [3.63, 3.8) is 0 Å². The number of likely N-dealkylation sites (tertiary alicyclic amines) is 1. The number of nitrogens with zero attached hydrogens (tertiary/aromatic N) is 6. The molecule has 3 aromatic heterocycles. The zero-order chi connectivity index (χ0) is 21.3. The minimum Gasteiger partial charge on any atom is -0.338 e. The van der Waals surface area contributed by atoms with E-state index < -0.39 is 0 Å². The third-order valence-corrected chi connectivity index (χ3v) is 6.28. The van der Waals surface area contributed by atoms with Crippen LogP contribution in [0.2, 0.25) is 0 Å². The summed E-state index contributed by atoms with van der Waals surface area (Å²) in [4.78, 5) is 29.3. The van der Waals surface area contributed by atoms with Gasteiger partial charge in [-0.1, -0.05) is 0 Å².